The van der Waals surface area contributed by atoms with E-state index >= 15 is 0 Å². The Morgan fingerprint density at radius 2 is 2.27 bits per heavy atom. The molecule has 2 rings (SSSR count). The molecule has 2 heterocycles. The van der Waals surface area contributed by atoms with Crippen molar-refractivity contribution in [3.8, 4) is 0 Å². The molecule has 6 heteroatoms. The Balaban J connectivity index is 2.87. The molecule has 0 bridgehead atoms. The average Bonchev–Trinajstić information content (AvgIpc) is 2.33. The molecule has 0 amide bonds. The van der Waals surface area contributed by atoms with Crippen LogP contribution in [0.3, 0.4) is 0 Å². The quantitative estimate of drug-likeness (QED) is 0.505. The third-order valence-electron chi connectivity index (χ3n) is 1.29. The molecule has 0 fully saturated rings. The Labute approximate surface area is 70.4 Å². The number of hydrogen-bond acceptors (Lipinski definition) is 4. The van der Waals surface area contributed by atoms with Crippen LogP contribution in [0.4, 0.5) is 0 Å². The summed E-state index contributed by atoms with van der Waals surface area (Å²) in [6, 6.07) is 0. The van der Waals surface area contributed by atoms with Gasteiger partial charge in [-0.1, -0.05) is 0 Å². The number of aromatic nitrogens is 4. The first-order valence-corrected chi connectivity index (χ1v) is 3.67. The standard InChI is InChI=1S/C5H4BrN5/c6-5-8-1-3-4(10-5)11(7)2-9-3/h1-2H,7H2. The summed E-state index contributed by atoms with van der Waals surface area (Å²) in [5.74, 6) is 5.49. The lowest BCUT2D eigenvalue weighted by atomic mass is 10.6. The van der Waals surface area contributed by atoms with Crippen LogP contribution < -0.4 is 5.84 Å². The molecule has 0 saturated carbocycles. The van der Waals surface area contributed by atoms with E-state index in [1.807, 2.05) is 0 Å². The van der Waals surface area contributed by atoms with Crippen LogP contribution in [-0.2, 0) is 0 Å². The van der Waals surface area contributed by atoms with Gasteiger partial charge in [-0.15, -0.1) is 0 Å². The van der Waals surface area contributed by atoms with Gasteiger partial charge in [0.05, 0.1) is 6.20 Å². The van der Waals surface area contributed by atoms with E-state index in [9.17, 15) is 0 Å². The largest absolute Gasteiger partial charge is 0.336 e. The van der Waals surface area contributed by atoms with E-state index in [-0.39, 0.29) is 0 Å². The Morgan fingerprint density at radius 3 is 3.09 bits per heavy atom. The van der Waals surface area contributed by atoms with Gasteiger partial charge in [-0.3, -0.25) is 0 Å². The van der Waals surface area contributed by atoms with Gasteiger partial charge in [-0.25, -0.2) is 19.6 Å². The molecular formula is C5H4BrN5. The molecule has 56 valence electrons. The summed E-state index contributed by atoms with van der Waals surface area (Å²) in [5.41, 5.74) is 1.31. The van der Waals surface area contributed by atoms with Crippen molar-refractivity contribution in [3.63, 3.8) is 0 Å². The first-order chi connectivity index (χ1) is 5.27. The summed E-state index contributed by atoms with van der Waals surface area (Å²) >= 11 is 3.13. The summed E-state index contributed by atoms with van der Waals surface area (Å²) < 4.78 is 1.86. The minimum absolute atomic E-state index is 0.511. The lowest BCUT2D eigenvalue weighted by Gasteiger charge is -1.91. The smallest absolute Gasteiger partial charge is 0.198 e. The van der Waals surface area contributed by atoms with Gasteiger partial charge < -0.3 is 5.84 Å². The molecule has 0 aromatic carbocycles. The fraction of sp³-hybridized carbons (Fsp3) is 0. The SMILES string of the molecule is Nn1cnc2cnc(Br)nc21. The number of fused-ring (bicyclic) bond motifs is 1. The molecular weight excluding hydrogens is 210 g/mol. The molecule has 0 radical (unpaired) electrons. The Hall–Kier alpha value is -1.17. The van der Waals surface area contributed by atoms with E-state index in [2.05, 4.69) is 30.9 Å². The molecule has 2 aromatic rings. The van der Waals surface area contributed by atoms with Crippen LogP contribution in [0.1, 0.15) is 0 Å². The van der Waals surface area contributed by atoms with Crippen molar-refractivity contribution >= 4 is 27.1 Å². The monoisotopic (exact) mass is 213 g/mol. The molecule has 0 aliphatic carbocycles. The highest BCUT2D eigenvalue weighted by Crippen LogP contribution is 2.08. The number of nitrogens with zero attached hydrogens (tertiary/aromatic N) is 4. The van der Waals surface area contributed by atoms with Crippen LogP contribution in [0.5, 0.6) is 0 Å². The number of nitrogen functional groups attached to an aromatic ring is 1. The Bertz CT molecular complexity index is 395. The van der Waals surface area contributed by atoms with E-state index in [0.717, 1.165) is 0 Å². The highest BCUT2D eigenvalue weighted by atomic mass is 79.9. The predicted octanol–water partition coefficient (Wildman–Crippen LogP) is 0.303. The molecule has 2 aromatic heterocycles. The zero-order valence-electron chi connectivity index (χ0n) is 5.40. The molecule has 5 nitrogen and oxygen atoms in total. The van der Waals surface area contributed by atoms with Crippen molar-refractivity contribution in [1.29, 1.82) is 0 Å². The van der Waals surface area contributed by atoms with Crippen LogP contribution in [0.2, 0.25) is 0 Å². The summed E-state index contributed by atoms with van der Waals surface area (Å²) in [6.45, 7) is 0. The highest BCUT2D eigenvalue weighted by Gasteiger charge is 2.01. The van der Waals surface area contributed by atoms with Crippen LogP contribution in [0.15, 0.2) is 17.3 Å². The van der Waals surface area contributed by atoms with Gasteiger partial charge in [0.15, 0.2) is 10.4 Å². The van der Waals surface area contributed by atoms with Crippen molar-refractivity contribution in [1.82, 2.24) is 19.6 Å². The number of imidazole rings is 1. The molecule has 0 unspecified atom stereocenters. The van der Waals surface area contributed by atoms with Crippen molar-refractivity contribution in [2.75, 3.05) is 5.84 Å². The predicted molar refractivity (Wildman–Crippen MR) is 43.2 cm³/mol. The lowest BCUT2D eigenvalue weighted by Crippen LogP contribution is -2.06. The van der Waals surface area contributed by atoms with Crippen molar-refractivity contribution in [3.05, 3.63) is 17.3 Å². The second kappa shape index (κ2) is 2.16. The fourth-order valence-corrected chi connectivity index (χ4v) is 1.08. The number of halogens is 1. The fourth-order valence-electron chi connectivity index (χ4n) is 0.806. The third kappa shape index (κ3) is 0.949. The van der Waals surface area contributed by atoms with Crippen LogP contribution >= 0.6 is 15.9 Å². The van der Waals surface area contributed by atoms with Crippen molar-refractivity contribution in [2.24, 2.45) is 0 Å². The second-order valence-corrected chi connectivity index (χ2v) is 2.71. The zero-order chi connectivity index (χ0) is 7.84. The van der Waals surface area contributed by atoms with E-state index < -0.39 is 0 Å². The molecule has 2 N–H and O–H groups in total. The van der Waals surface area contributed by atoms with E-state index in [0.29, 0.717) is 15.9 Å². The average molecular weight is 214 g/mol. The van der Waals surface area contributed by atoms with Crippen molar-refractivity contribution in [2.45, 2.75) is 0 Å². The third-order valence-corrected chi connectivity index (χ3v) is 1.67. The summed E-state index contributed by atoms with van der Waals surface area (Å²) in [5, 5.41) is 0. The first-order valence-electron chi connectivity index (χ1n) is 2.88. The number of rotatable bonds is 0. The minimum Gasteiger partial charge on any atom is -0.336 e. The summed E-state index contributed by atoms with van der Waals surface area (Å²) in [4.78, 5) is 11.9. The van der Waals surface area contributed by atoms with Gasteiger partial charge in [0.2, 0.25) is 0 Å². The first kappa shape index (κ1) is 6.53. The molecule has 0 atom stereocenters. The van der Waals surface area contributed by atoms with Gasteiger partial charge in [-0.2, -0.15) is 0 Å². The number of nitrogens with two attached hydrogens (primary N) is 1. The topological polar surface area (TPSA) is 69.6 Å². The normalized spacial score (nSPS) is 10.6. The van der Waals surface area contributed by atoms with Gasteiger partial charge in [-0.05, 0) is 15.9 Å². The molecule has 0 aliphatic rings. The maximum atomic E-state index is 5.49. The Morgan fingerprint density at radius 1 is 1.45 bits per heavy atom. The van der Waals surface area contributed by atoms with Gasteiger partial charge in [0.25, 0.3) is 0 Å². The molecule has 0 spiro atoms. The van der Waals surface area contributed by atoms with Crippen LogP contribution in [0, 0.1) is 0 Å². The summed E-state index contributed by atoms with van der Waals surface area (Å²) in [7, 11) is 0. The molecule has 0 saturated heterocycles. The van der Waals surface area contributed by atoms with Gasteiger partial charge in [0.1, 0.15) is 11.8 Å². The summed E-state index contributed by atoms with van der Waals surface area (Å²) in [6.07, 6.45) is 3.10. The van der Waals surface area contributed by atoms with Gasteiger partial charge >= 0.3 is 0 Å². The maximum Gasteiger partial charge on any atom is 0.198 e. The molecule has 0 aliphatic heterocycles. The highest BCUT2D eigenvalue weighted by molar-refractivity contribution is 9.10. The van der Waals surface area contributed by atoms with Gasteiger partial charge in [0, 0.05) is 0 Å². The van der Waals surface area contributed by atoms with Crippen molar-refractivity contribution < 1.29 is 0 Å². The van der Waals surface area contributed by atoms with E-state index in [4.69, 9.17) is 5.84 Å². The lowest BCUT2D eigenvalue weighted by molar-refractivity contribution is 1.00. The molecule has 11 heavy (non-hydrogen) atoms. The van der Waals surface area contributed by atoms with Crippen LogP contribution in [-0.4, -0.2) is 19.6 Å². The second-order valence-electron chi connectivity index (χ2n) is 2.00. The zero-order valence-corrected chi connectivity index (χ0v) is 6.98. The van der Waals surface area contributed by atoms with E-state index in [1.54, 1.807) is 6.20 Å². The maximum absolute atomic E-state index is 5.49. The van der Waals surface area contributed by atoms with Crippen LogP contribution in [0.25, 0.3) is 11.2 Å². The Kier molecular flexibility index (Phi) is 1.28. The number of hydrogen-bond donors (Lipinski definition) is 1. The minimum atomic E-state index is 0.511. The van der Waals surface area contributed by atoms with E-state index in [1.165, 1.54) is 11.0 Å².